The lowest BCUT2D eigenvalue weighted by molar-refractivity contribution is 0.397. The van der Waals surface area contributed by atoms with Crippen molar-refractivity contribution >= 4 is 0 Å². The van der Waals surface area contributed by atoms with E-state index < -0.39 is 5.54 Å². The minimum absolute atomic E-state index is 0.401. The molecular weight excluding hydrogens is 188 g/mol. The van der Waals surface area contributed by atoms with Crippen LogP contribution in [0.5, 0.6) is 0 Å². The number of nitrogens with zero attached hydrogens (tertiary/aromatic N) is 3. The fourth-order valence-electron chi connectivity index (χ4n) is 1.60. The van der Waals surface area contributed by atoms with E-state index in [0.717, 1.165) is 25.9 Å². The van der Waals surface area contributed by atoms with E-state index in [9.17, 15) is 0 Å². The number of hydrogen-bond donors (Lipinski definition) is 1. The van der Waals surface area contributed by atoms with Crippen molar-refractivity contribution in [2.75, 3.05) is 6.54 Å². The minimum atomic E-state index is -0.401. The third-order valence-electron chi connectivity index (χ3n) is 2.44. The summed E-state index contributed by atoms with van der Waals surface area (Å²) in [5.41, 5.74) is -0.401. The first-order chi connectivity index (χ1) is 7.20. The van der Waals surface area contributed by atoms with Crippen LogP contribution in [0.15, 0.2) is 18.5 Å². The maximum atomic E-state index is 9.04. The van der Waals surface area contributed by atoms with Crippen molar-refractivity contribution in [3.63, 3.8) is 0 Å². The molecule has 15 heavy (non-hydrogen) atoms. The second kappa shape index (κ2) is 5.52. The molecule has 0 amide bonds. The first-order valence-corrected chi connectivity index (χ1v) is 5.34. The van der Waals surface area contributed by atoms with Crippen LogP contribution >= 0.6 is 0 Å². The number of hydrogen-bond acceptors (Lipinski definition) is 3. The van der Waals surface area contributed by atoms with Crippen LogP contribution < -0.4 is 5.32 Å². The molecule has 82 valence electrons. The number of nitrogens with one attached hydrogen (secondary N) is 1. The lowest BCUT2D eigenvalue weighted by Crippen LogP contribution is -2.40. The maximum absolute atomic E-state index is 9.04. The van der Waals surface area contributed by atoms with Crippen LogP contribution in [-0.4, -0.2) is 21.9 Å². The summed E-state index contributed by atoms with van der Waals surface area (Å²) < 4.78 is 1.89. The highest BCUT2D eigenvalue weighted by molar-refractivity contribution is 5.03. The van der Waals surface area contributed by atoms with Gasteiger partial charge in [0.25, 0.3) is 0 Å². The van der Waals surface area contributed by atoms with E-state index >= 15 is 0 Å². The monoisotopic (exact) mass is 206 g/mol. The Labute approximate surface area is 90.9 Å². The van der Waals surface area contributed by atoms with Crippen molar-refractivity contribution in [2.24, 2.45) is 0 Å². The Bertz CT molecular complexity index is 312. The molecule has 0 aromatic carbocycles. The van der Waals surface area contributed by atoms with Gasteiger partial charge in [-0.25, -0.2) is 0 Å². The van der Waals surface area contributed by atoms with Gasteiger partial charge in [-0.1, -0.05) is 6.92 Å². The zero-order valence-electron chi connectivity index (χ0n) is 9.40. The van der Waals surface area contributed by atoms with Gasteiger partial charge in [0.05, 0.1) is 6.07 Å². The quantitative estimate of drug-likeness (QED) is 0.768. The molecule has 1 aromatic heterocycles. The van der Waals surface area contributed by atoms with E-state index in [0.29, 0.717) is 0 Å². The van der Waals surface area contributed by atoms with E-state index in [2.05, 4.69) is 16.5 Å². The number of aryl methyl sites for hydroxylation is 1. The maximum Gasteiger partial charge on any atom is 0.103 e. The summed E-state index contributed by atoms with van der Waals surface area (Å²) in [6, 6.07) is 4.23. The first-order valence-electron chi connectivity index (χ1n) is 5.34. The van der Waals surface area contributed by atoms with Crippen LogP contribution in [0.2, 0.25) is 0 Å². The molecular formula is C11H18N4. The topological polar surface area (TPSA) is 53.6 Å². The minimum Gasteiger partial charge on any atom is -0.300 e. The summed E-state index contributed by atoms with van der Waals surface area (Å²) in [6.45, 7) is 5.66. The molecule has 0 saturated heterocycles. The average Bonchev–Trinajstić information content (AvgIpc) is 2.71. The predicted octanol–water partition coefficient (Wildman–Crippen LogP) is 1.56. The van der Waals surface area contributed by atoms with Gasteiger partial charge in [-0.2, -0.15) is 10.4 Å². The summed E-state index contributed by atoms with van der Waals surface area (Å²) in [5, 5.41) is 16.4. The Kier molecular flexibility index (Phi) is 4.32. The molecule has 0 spiro atoms. The highest BCUT2D eigenvalue weighted by atomic mass is 15.3. The van der Waals surface area contributed by atoms with Gasteiger partial charge in [-0.15, -0.1) is 0 Å². The van der Waals surface area contributed by atoms with Gasteiger partial charge in [0.15, 0.2) is 0 Å². The summed E-state index contributed by atoms with van der Waals surface area (Å²) >= 11 is 0. The average molecular weight is 206 g/mol. The predicted molar refractivity (Wildman–Crippen MR) is 59.2 cm³/mol. The molecule has 0 aliphatic heterocycles. The standard InChI is InChI=1S/C11H18N4/c1-3-13-11(2,10-12)6-4-8-15-9-5-7-14-15/h5,7,9,13H,3-4,6,8H2,1-2H3. The number of nitriles is 1. The molecule has 0 aliphatic carbocycles. The molecule has 4 heteroatoms. The largest absolute Gasteiger partial charge is 0.300 e. The van der Waals surface area contributed by atoms with E-state index in [1.165, 1.54) is 0 Å². The molecule has 1 aromatic rings. The molecule has 0 fully saturated rings. The Balaban J connectivity index is 2.32. The lowest BCUT2D eigenvalue weighted by atomic mass is 9.98. The van der Waals surface area contributed by atoms with Crippen molar-refractivity contribution < 1.29 is 0 Å². The Morgan fingerprint density at radius 2 is 2.40 bits per heavy atom. The van der Waals surface area contributed by atoms with E-state index in [1.807, 2.05) is 30.8 Å². The Hall–Kier alpha value is -1.34. The summed E-state index contributed by atoms with van der Waals surface area (Å²) in [6.07, 6.45) is 5.51. The Morgan fingerprint density at radius 1 is 1.60 bits per heavy atom. The molecule has 1 rings (SSSR count). The molecule has 0 radical (unpaired) electrons. The van der Waals surface area contributed by atoms with Crippen LogP contribution in [0.25, 0.3) is 0 Å². The van der Waals surface area contributed by atoms with Gasteiger partial charge in [0, 0.05) is 18.9 Å². The fraction of sp³-hybridized carbons (Fsp3) is 0.636. The van der Waals surface area contributed by atoms with E-state index in [1.54, 1.807) is 6.20 Å². The van der Waals surface area contributed by atoms with Gasteiger partial charge in [-0.3, -0.25) is 10.00 Å². The second-order valence-electron chi connectivity index (χ2n) is 3.85. The normalized spacial score (nSPS) is 14.5. The third-order valence-corrected chi connectivity index (χ3v) is 2.44. The number of aromatic nitrogens is 2. The van der Waals surface area contributed by atoms with E-state index in [-0.39, 0.29) is 0 Å². The molecule has 1 atom stereocenters. The lowest BCUT2D eigenvalue weighted by Gasteiger charge is -2.22. The molecule has 1 unspecified atom stereocenters. The highest BCUT2D eigenvalue weighted by Gasteiger charge is 2.21. The van der Waals surface area contributed by atoms with Crippen molar-refractivity contribution in [3.8, 4) is 6.07 Å². The summed E-state index contributed by atoms with van der Waals surface area (Å²) in [4.78, 5) is 0. The first kappa shape index (κ1) is 11.7. The SMILES string of the molecule is CCNC(C)(C#N)CCCn1cccn1. The molecule has 0 bridgehead atoms. The molecule has 1 heterocycles. The highest BCUT2D eigenvalue weighted by Crippen LogP contribution is 2.11. The Morgan fingerprint density at radius 3 is 2.93 bits per heavy atom. The van der Waals surface area contributed by atoms with Crippen molar-refractivity contribution in [1.82, 2.24) is 15.1 Å². The van der Waals surface area contributed by atoms with Gasteiger partial charge in [0.1, 0.15) is 5.54 Å². The van der Waals surface area contributed by atoms with Crippen molar-refractivity contribution in [1.29, 1.82) is 5.26 Å². The summed E-state index contributed by atoms with van der Waals surface area (Å²) in [7, 11) is 0. The van der Waals surface area contributed by atoms with Crippen molar-refractivity contribution in [3.05, 3.63) is 18.5 Å². The van der Waals surface area contributed by atoms with Gasteiger partial charge < -0.3 is 0 Å². The van der Waals surface area contributed by atoms with E-state index in [4.69, 9.17) is 5.26 Å². The zero-order valence-corrected chi connectivity index (χ0v) is 9.40. The molecule has 1 N–H and O–H groups in total. The molecule has 4 nitrogen and oxygen atoms in total. The fourth-order valence-corrected chi connectivity index (χ4v) is 1.60. The van der Waals surface area contributed by atoms with Crippen LogP contribution in [0.4, 0.5) is 0 Å². The summed E-state index contributed by atoms with van der Waals surface area (Å²) in [5.74, 6) is 0. The second-order valence-corrected chi connectivity index (χ2v) is 3.85. The van der Waals surface area contributed by atoms with Crippen LogP contribution in [-0.2, 0) is 6.54 Å². The van der Waals surface area contributed by atoms with Crippen LogP contribution in [0.3, 0.4) is 0 Å². The zero-order chi connectivity index (χ0) is 11.1. The van der Waals surface area contributed by atoms with Crippen molar-refractivity contribution in [2.45, 2.75) is 38.8 Å². The van der Waals surface area contributed by atoms with Gasteiger partial charge >= 0.3 is 0 Å². The smallest absolute Gasteiger partial charge is 0.103 e. The molecule has 0 aliphatic rings. The van der Waals surface area contributed by atoms with Gasteiger partial charge in [0.2, 0.25) is 0 Å². The third kappa shape index (κ3) is 3.72. The van der Waals surface area contributed by atoms with Crippen LogP contribution in [0, 0.1) is 11.3 Å². The molecule has 0 saturated carbocycles. The van der Waals surface area contributed by atoms with Crippen LogP contribution in [0.1, 0.15) is 26.7 Å². The van der Waals surface area contributed by atoms with Gasteiger partial charge in [-0.05, 0) is 32.4 Å². The number of rotatable bonds is 6.